The van der Waals surface area contributed by atoms with Gasteiger partial charge in [0.25, 0.3) is 5.91 Å². The Labute approximate surface area is 107 Å². The van der Waals surface area contributed by atoms with Gasteiger partial charge in [0.15, 0.2) is 0 Å². The zero-order valence-electron chi connectivity index (χ0n) is 10.9. The lowest BCUT2D eigenvalue weighted by Crippen LogP contribution is -2.43. The van der Waals surface area contributed by atoms with Crippen molar-refractivity contribution < 1.29 is 9.18 Å². The van der Waals surface area contributed by atoms with Crippen LogP contribution in [0.5, 0.6) is 0 Å². The van der Waals surface area contributed by atoms with Crippen LogP contribution in [0.15, 0.2) is 18.2 Å². The van der Waals surface area contributed by atoms with Gasteiger partial charge in [-0.05, 0) is 63.7 Å². The summed E-state index contributed by atoms with van der Waals surface area (Å²) in [7, 11) is 2.09. The molecular formula is C14H19FN2O. The molecule has 0 unspecified atom stereocenters. The summed E-state index contributed by atoms with van der Waals surface area (Å²) in [5, 5.41) is 3.03. The monoisotopic (exact) mass is 250 g/mol. The third-order valence-corrected chi connectivity index (χ3v) is 3.49. The van der Waals surface area contributed by atoms with Crippen LogP contribution in [0.2, 0.25) is 0 Å². The number of nitrogens with zero attached hydrogens (tertiary/aromatic N) is 1. The van der Waals surface area contributed by atoms with E-state index in [0.29, 0.717) is 11.1 Å². The average Bonchev–Trinajstić information content (AvgIpc) is 2.32. The van der Waals surface area contributed by atoms with E-state index in [4.69, 9.17) is 0 Å². The van der Waals surface area contributed by atoms with Crippen molar-refractivity contribution in [1.29, 1.82) is 0 Å². The molecule has 1 aliphatic rings. The number of carbonyl (C=O) groups excluding carboxylic acids is 1. The molecule has 0 aromatic heterocycles. The van der Waals surface area contributed by atoms with Gasteiger partial charge in [0.2, 0.25) is 0 Å². The minimum absolute atomic E-state index is 0.0953. The Balaban J connectivity index is 1.99. The summed E-state index contributed by atoms with van der Waals surface area (Å²) in [4.78, 5) is 14.3. The first-order chi connectivity index (χ1) is 8.56. The zero-order valence-corrected chi connectivity index (χ0v) is 10.9. The van der Waals surface area contributed by atoms with Gasteiger partial charge in [-0.2, -0.15) is 0 Å². The maximum Gasteiger partial charge on any atom is 0.251 e. The van der Waals surface area contributed by atoms with Crippen LogP contribution < -0.4 is 5.32 Å². The number of aryl methyl sites for hydroxylation is 1. The van der Waals surface area contributed by atoms with E-state index >= 15 is 0 Å². The molecular weight excluding hydrogens is 231 g/mol. The highest BCUT2D eigenvalue weighted by Crippen LogP contribution is 2.13. The standard InChI is InChI=1S/C14H19FN2O/c1-10-9-11(15)3-4-13(10)14(18)16-12-5-7-17(2)8-6-12/h3-4,9,12H,5-8H2,1-2H3,(H,16,18). The van der Waals surface area contributed by atoms with Gasteiger partial charge in [0, 0.05) is 11.6 Å². The largest absolute Gasteiger partial charge is 0.349 e. The van der Waals surface area contributed by atoms with Gasteiger partial charge in [-0.1, -0.05) is 0 Å². The summed E-state index contributed by atoms with van der Waals surface area (Å²) in [6.07, 6.45) is 1.95. The first-order valence-corrected chi connectivity index (χ1v) is 6.32. The fraction of sp³-hybridized carbons (Fsp3) is 0.500. The van der Waals surface area contributed by atoms with Crippen LogP contribution in [0.1, 0.15) is 28.8 Å². The summed E-state index contributed by atoms with van der Waals surface area (Å²) < 4.78 is 13.0. The lowest BCUT2D eigenvalue weighted by molar-refractivity contribution is 0.0916. The number of likely N-dealkylation sites (tertiary alicyclic amines) is 1. The topological polar surface area (TPSA) is 32.3 Å². The molecule has 98 valence electrons. The predicted molar refractivity (Wildman–Crippen MR) is 69.1 cm³/mol. The fourth-order valence-electron chi connectivity index (χ4n) is 2.30. The van der Waals surface area contributed by atoms with Crippen LogP contribution >= 0.6 is 0 Å². The molecule has 1 aromatic carbocycles. The number of nitrogens with one attached hydrogen (secondary N) is 1. The third kappa shape index (κ3) is 3.07. The molecule has 1 aromatic rings. The van der Waals surface area contributed by atoms with Gasteiger partial charge in [0.05, 0.1) is 0 Å². The van der Waals surface area contributed by atoms with E-state index in [1.54, 1.807) is 13.0 Å². The Bertz CT molecular complexity index is 439. The van der Waals surface area contributed by atoms with E-state index in [9.17, 15) is 9.18 Å². The first-order valence-electron chi connectivity index (χ1n) is 6.32. The van der Waals surface area contributed by atoms with Gasteiger partial charge in [-0.15, -0.1) is 0 Å². The minimum atomic E-state index is -0.302. The lowest BCUT2D eigenvalue weighted by Gasteiger charge is -2.29. The minimum Gasteiger partial charge on any atom is -0.349 e. The average molecular weight is 250 g/mol. The Hall–Kier alpha value is -1.42. The SMILES string of the molecule is Cc1cc(F)ccc1C(=O)NC1CCN(C)CC1. The maximum absolute atomic E-state index is 13.0. The normalized spacial score (nSPS) is 17.7. The van der Waals surface area contributed by atoms with Gasteiger partial charge >= 0.3 is 0 Å². The van der Waals surface area contributed by atoms with Crippen molar-refractivity contribution in [3.8, 4) is 0 Å². The molecule has 1 fully saturated rings. The van der Waals surface area contributed by atoms with E-state index in [-0.39, 0.29) is 17.8 Å². The molecule has 0 saturated carbocycles. The van der Waals surface area contributed by atoms with E-state index < -0.39 is 0 Å². The van der Waals surface area contributed by atoms with Crippen molar-refractivity contribution in [2.75, 3.05) is 20.1 Å². The summed E-state index contributed by atoms with van der Waals surface area (Å²) in [6.45, 7) is 3.77. The number of carbonyl (C=O) groups is 1. The van der Waals surface area contributed by atoms with Crippen molar-refractivity contribution in [3.63, 3.8) is 0 Å². The van der Waals surface area contributed by atoms with Crippen molar-refractivity contribution in [1.82, 2.24) is 10.2 Å². The Morgan fingerprint density at radius 3 is 2.67 bits per heavy atom. The van der Waals surface area contributed by atoms with Crippen LogP contribution in [0.4, 0.5) is 4.39 Å². The van der Waals surface area contributed by atoms with Gasteiger partial charge in [-0.25, -0.2) is 4.39 Å². The quantitative estimate of drug-likeness (QED) is 0.870. The van der Waals surface area contributed by atoms with Crippen molar-refractivity contribution >= 4 is 5.91 Å². The van der Waals surface area contributed by atoms with Crippen molar-refractivity contribution in [3.05, 3.63) is 35.1 Å². The first kappa shape index (κ1) is 13.0. The number of halogens is 1. The number of rotatable bonds is 2. The van der Waals surface area contributed by atoms with Crippen LogP contribution in [-0.4, -0.2) is 37.0 Å². The molecule has 4 heteroatoms. The van der Waals surface area contributed by atoms with Crippen molar-refractivity contribution in [2.24, 2.45) is 0 Å². The molecule has 1 saturated heterocycles. The van der Waals surface area contributed by atoms with E-state index in [1.165, 1.54) is 12.1 Å². The second-order valence-electron chi connectivity index (χ2n) is 5.01. The summed E-state index contributed by atoms with van der Waals surface area (Å²) >= 11 is 0. The molecule has 0 bridgehead atoms. The number of hydrogen-bond acceptors (Lipinski definition) is 2. The molecule has 0 radical (unpaired) electrons. The third-order valence-electron chi connectivity index (χ3n) is 3.49. The molecule has 0 spiro atoms. The van der Waals surface area contributed by atoms with Gasteiger partial charge in [0.1, 0.15) is 5.82 Å². The number of benzene rings is 1. The lowest BCUT2D eigenvalue weighted by atomic mass is 10.0. The highest BCUT2D eigenvalue weighted by atomic mass is 19.1. The second kappa shape index (κ2) is 5.48. The van der Waals surface area contributed by atoms with Gasteiger partial charge in [-0.3, -0.25) is 4.79 Å². The molecule has 1 N–H and O–H groups in total. The highest BCUT2D eigenvalue weighted by Gasteiger charge is 2.19. The Kier molecular flexibility index (Phi) is 3.97. The van der Waals surface area contributed by atoms with E-state index in [2.05, 4.69) is 17.3 Å². The fourth-order valence-corrected chi connectivity index (χ4v) is 2.30. The Morgan fingerprint density at radius 1 is 1.39 bits per heavy atom. The smallest absolute Gasteiger partial charge is 0.251 e. The summed E-state index contributed by atoms with van der Waals surface area (Å²) in [5.41, 5.74) is 1.25. The molecule has 3 nitrogen and oxygen atoms in total. The summed E-state index contributed by atoms with van der Waals surface area (Å²) in [5.74, 6) is -0.398. The van der Waals surface area contributed by atoms with Crippen LogP contribution in [0.25, 0.3) is 0 Å². The second-order valence-corrected chi connectivity index (χ2v) is 5.01. The molecule has 0 atom stereocenters. The highest BCUT2D eigenvalue weighted by molar-refractivity contribution is 5.95. The van der Waals surface area contributed by atoms with E-state index in [1.807, 2.05) is 0 Å². The zero-order chi connectivity index (χ0) is 13.1. The molecule has 1 amide bonds. The maximum atomic E-state index is 13.0. The predicted octanol–water partition coefficient (Wildman–Crippen LogP) is 1.96. The Morgan fingerprint density at radius 2 is 2.06 bits per heavy atom. The molecule has 2 rings (SSSR count). The number of amides is 1. The molecule has 0 aliphatic carbocycles. The molecule has 1 aliphatic heterocycles. The molecule has 18 heavy (non-hydrogen) atoms. The summed E-state index contributed by atoms with van der Waals surface area (Å²) in [6, 6.07) is 4.51. The van der Waals surface area contributed by atoms with Gasteiger partial charge < -0.3 is 10.2 Å². The number of hydrogen-bond donors (Lipinski definition) is 1. The van der Waals surface area contributed by atoms with E-state index in [0.717, 1.165) is 25.9 Å². The molecule has 1 heterocycles. The van der Waals surface area contributed by atoms with Crippen LogP contribution in [-0.2, 0) is 0 Å². The van der Waals surface area contributed by atoms with Crippen LogP contribution in [0, 0.1) is 12.7 Å². The van der Waals surface area contributed by atoms with Crippen LogP contribution in [0.3, 0.4) is 0 Å². The number of piperidine rings is 1. The van der Waals surface area contributed by atoms with Crippen molar-refractivity contribution in [2.45, 2.75) is 25.8 Å².